The molecular formula is C16H14ClFN2O4. The first-order valence-electron chi connectivity index (χ1n) is 6.87. The van der Waals surface area contributed by atoms with Crippen molar-refractivity contribution in [2.24, 2.45) is 0 Å². The van der Waals surface area contributed by atoms with Crippen molar-refractivity contribution in [1.82, 2.24) is 4.98 Å². The number of esters is 1. The van der Waals surface area contributed by atoms with Crippen LogP contribution in [0.5, 0.6) is 5.88 Å². The van der Waals surface area contributed by atoms with Crippen LogP contribution in [0, 0.1) is 5.82 Å². The van der Waals surface area contributed by atoms with Crippen molar-refractivity contribution in [3.8, 4) is 5.88 Å². The second kappa shape index (κ2) is 7.74. The normalized spacial score (nSPS) is 11.5. The average Bonchev–Trinajstić information content (AvgIpc) is 2.58. The van der Waals surface area contributed by atoms with Gasteiger partial charge in [0.25, 0.3) is 5.91 Å². The SMILES string of the molecule is COc1ccc(C(=O)OC(C)C(=O)Nc2ccc(F)c(Cl)c2)cn1. The number of pyridine rings is 1. The van der Waals surface area contributed by atoms with Gasteiger partial charge in [-0.2, -0.15) is 0 Å². The molecule has 8 heteroatoms. The number of amides is 1. The third-order valence-electron chi connectivity index (χ3n) is 3.02. The molecule has 1 heterocycles. The molecule has 0 saturated heterocycles. The fourth-order valence-electron chi connectivity index (χ4n) is 1.72. The highest BCUT2D eigenvalue weighted by molar-refractivity contribution is 6.31. The van der Waals surface area contributed by atoms with E-state index < -0.39 is 23.8 Å². The maximum absolute atomic E-state index is 13.1. The topological polar surface area (TPSA) is 77.5 Å². The summed E-state index contributed by atoms with van der Waals surface area (Å²) < 4.78 is 23.0. The Morgan fingerprint density at radius 3 is 2.62 bits per heavy atom. The monoisotopic (exact) mass is 352 g/mol. The minimum absolute atomic E-state index is 0.123. The summed E-state index contributed by atoms with van der Waals surface area (Å²) in [5, 5.41) is 2.36. The zero-order chi connectivity index (χ0) is 17.7. The molecule has 0 fully saturated rings. The number of hydrogen-bond acceptors (Lipinski definition) is 5. The lowest BCUT2D eigenvalue weighted by molar-refractivity contribution is -0.123. The van der Waals surface area contributed by atoms with Crippen LogP contribution >= 0.6 is 11.6 Å². The number of halogens is 2. The van der Waals surface area contributed by atoms with Gasteiger partial charge in [-0.25, -0.2) is 14.2 Å². The number of hydrogen-bond donors (Lipinski definition) is 1. The first kappa shape index (κ1) is 17.7. The van der Waals surface area contributed by atoms with Gasteiger partial charge in [0.15, 0.2) is 6.10 Å². The van der Waals surface area contributed by atoms with E-state index in [0.29, 0.717) is 11.6 Å². The summed E-state index contributed by atoms with van der Waals surface area (Å²) in [5.74, 6) is -1.52. The Morgan fingerprint density at radius 1 is 1.29 bits per heavy atom. The van der Waals surface area contributed by atoms with E-state index in [2.05, 4.69) is 10.3 Å². The van der Waals surface area contributed by atoms with E-state index in [1.165, 1.54) is 44.5 Å². The Morgan fingerprint density at radius 2 is 2.04 bits per heavy atom. The lowest BCUT2D eigenvalue weighted by Gasteiger charge is -2.13. The fourth-order valence-corrected chi connectivity index (χ4v) is 1.90. The Hall–Kier alpha value is -2.67. The second-order valence-electron chi connectivity index (χ2n) is 4.75. The molecule has 2 rings (SSSR count). The highest BCUT2D eigenvalue weighted by Gasteiger charge is 2.19. The minimum atomic E-state index is -1.07. The van der Waals surface area contributed by atoms with Crippen LogP contribution in [0.4, 0.5) is 10.1 Å². The molecule has 126 valence electrons. The number of anilines is 1. The van der Waals surface area contributed by atoms with Crippen LogP contribution in [0.25, 0.3) is 0 Å². The smallest absolute Gasteiger partial charge is 0.340 e. The van der Waals surface area contributed by atoms with E-state index in [1.54, 1.807) is 0 Å². The molecule has 0 bridgehead atoms. The fraction of sp³-hybridized carbons (Fsp3) is 0.188. The molecule has 6 nitrogen and oxygen atoms in total. The molecule has 1 N–H and O–H groups in total. The number of carbonyl (C=O) groups is 2. The number of benzene rings is 1. The van der Waals surface area contributed by atoms with Crippen molar-refractivity contribution in [3.05, 3.63) is 52.9 Å². The van der Waals surface area contributed by atoms with Crippen LogP contribution in [0.3, 0.4) is 0 Å². The summed E-state index contributed by atoms with van der Waals surface area (Å²) >= 11 is 5.64. The molecule has 0 spiro atoms. The average molecular weight is 353 g/mol. The van der Waals surface area contributed by atoms with Crippen molar-refractivity contribution in [1.29, 1.82) is 0 Å². The zero-order valence-corrected chi connectivity index (χ0v) is 13.6. The molecule has 2 aromatic rings. The van der Waals surface area contributed by atoms with E-state index in [-0.39, 0.29) is 10.6 Å². The first-order valence-corrected chi connectivity index (χ1v) is 7.25. The lowest BCUT2D eigenvalue weighted by atomic mass is 10.2. The molecule has 1 atom stereocenters. The summed E-state index contributed by atoms with van der Waals surface area (Å²) in [4.78, 5) is 27.9. The summed E-state index contributed by atoms with van der Waals surface area (Å²) in [5.41, 5.74) is 0.473. The summed E-state index contributed by atoms with van der Waals surface area (Å²) in [6, 6.07) is 6.70. The van der Waals surface area contributed by atoms with Gasteiger partial charge >= 0.3 is 5.97 Å². The minimum Gasteiger partial charge on any atom is -0.481 e. The van der Waals surface area contributed by atoms with Gasteiger partial charge in [0.2, 0.25) is 5.88 Å². The van der Waals surface area contributed by atoms with E-state index in [9.17, 15) is 14.0 Å². The number of nitrogens with zero attached hydrogens (tertiary/aromatic N) is 1. The molecule has 1 aromatic heterocycles. The molecule has 1 aromatic carbocycles. The Labute approximate surface area is 142 Å². The van der Waals surface area contributed by atoms with Gasteiger partial charge in [-0.3, -0.25) is 4.79 Å². The van der Waals surface area contributed by atoms with Crippen molar-refractivity contribution >= 4 is 29.2 Å². The van der Waals surface area contributed by atoms with Crippen LogP contribution in [0.2, 0.25) is 5.02 Å². The van der Waals surface area contributed by atoms with Crippen molar-refractivity contribution in [3.63, 3.8) is 0 Å². The number of rotatable bonds is 5. The standard InChI is InChI=1S/C16H14ClFN2O4/c1-9(15(21)20-11-4-5-13(18)12(17)7-11)24-16(22)10-3-6-14(23-2)19-8-10/h3-9H,1-2H3,(H,20,21). The highest BCUT2D eigenvalue weighted by atomic mass is 35.5. The van der Waals surface area contributed by atoms with Crippen molar-refractivity contribution < 1.29 is 23.5 Å². The van der Waals surface area contributed by atoms with Crippen molar-refractivity contribution in [2.75, 3.05) is 12.4 Å². The summed E-state index contributed by atoms with van der Waals surface area (Å²) in [6.07, 6.45) is 0.217. The zero-order valence-electron chi connectivity index (χ0n) is 12.9. The van der Waals surface area contributed by atoms with Gasteiger partial charge in [-0.05, 0) is 31.2 Å². The molecule has 24 heavy (non-hydrogen) atoms. The van der Waals surface area contributed by atoms with Gasteiger partial charge in [-0.15, -0.1) is 0 Å². The summed E-state index contributed by atoms with van der Waals surface area (Å²) in [7, 11) is 1.45. The maximum atomic E-state index is 13.1. The summed E-state index contributed by atoms with van der Waals surface area (Å²) in [6.45, 7) is 1.41. The van der Waals surface area contributed by atoms with Gasteiger partial charge < -0.3 is 14.8 Å². The Kier molecular flexibility index (Phi) is 5.70. The Bertz CT molecular complexity index is 752. The number of nitrogens with one attached hydrogen (secondary N) is 1. The predicted octanol–water partition coefficient (Wildman–Crippen LogP) is 3.07. The molecule has 1 unspecified atom stereocenters. The molecule has 1 amide bonds. The highest BCUT2D eigenvalue weighted by Crippen LogP contribution is 2.19. The molecule has 0 aliphatic rings. The van der Waals surface area contributed by atoms with Crippen LogP contribution in [-0.2, 0) is 9.53 Å². The number of aromatic nitrogens is 1. The van der Waals surface area contributed by atoms with Crippen molar-refractivity contribution in [2.45, 2.75) is 13.0 Å². The number of ether oxygens (including phenoxy) is 2. The number of carbonyl (C=O) groups excluding carboxylic acids is 2. The predicted molar refractivity (Wildman–Crippen MR) is 85.7 cm³/mol. The molecule has 0 saturated carbocycles. The maximum Gasteiger partial charge on any atom is 0.340 e. The third kappa shape index (κ3) is 4.42. The van der Waals surface area contributed by atoms with E-state index in [4.69, 9.17) is 21.1 Å². The largest absolute Gasteiger partial charge is 0.481 e. The van der Waals surface area contributed by atoms with Gasteiger partial charge in [-0.1, -0.05) is 11.6 Å². The van der Waals surface area contributed by atoms with Crippen LogP contribution in [0.15, 0.2) is 36.5 Å². The third-order valence-corrected chi connectivity index (χ3v) is 3.31. The first-order chi connectivity index (χ1) is 11.4. The van der Waals surface area contributed by atoms with E-state index >= 15 is 0 Å². The quantitative estimate of drug-likeness (QED) is 0.837. The second-order valence-corrected chi connectivity index (χ2v) is 5.16. The Balaban J connectivity index is 1.97. The molecular weight excluding hydrogens is 339 g/mol. The van der Waals surface area contributed by atoms with Crippen LogP contribution < -0.4 is 10.1 Å². The van der Waals surface area contributed by atoms with Crippen LogP contribution in [0.1, 0.15) is 17.3 Å². The molecule has 0 radical (unpaired) electrons. The van der Waals surface area contributed by atoms with Gasteiger partial charge in [0.05, 0.1) is 17.7 Å². The lowest BCUT2D eigenvalue weighted by Crippen LogP contribution is -2.30. The van der Waals surface area contributed by atoms with Crippen LogP contribution in [-0.4, -0.2) is 30.1 Å². The van der Waals surface area contributed by atoms with Gasteiger partial charge in [0, 0.05) is 18.0 Å². The van der Waals surface area contributed by atoms with E-state index in [1.807, 2.05) is 0 Å². The van der Waals surface area contributed by atoms with E-state index in [0.717, 1.165) is 6.07 Å². The molecule has 0 aliphatic carbocycles. The molecule has 0 aliphatic heterocycles. The van der Waals surface area contributed by atoms with Gasteiger partial charge in [0.1, 0.15) is 5.82 Å². The number of methoxy groups -OCH3 is 1.